The highest BCUT2D eigenvalue weighted by Crippen LogP contribution is 2.39. The summed E-state index contributed by atoms with van der Waals surface area (Å²) in [6.07, 6.45) is 0.597. The molecule has 1 aromatic rings. The predicted octanol–water partition coefficient (Wildman–Crippen LogP) is 4.17. The summed E-state index contributed by atoms with van der Waals surface area (Å²) in [6.45, 7) is 12.3. The zero-order valence-corrected chi connectivity index (χ0v) is 14.1. The number of carbonyl (C=O) groups is 1. The number of hydrogen-bond acceptors (Lipinski definition) is 3. The molecule has 0 aliphatic rings. The van der Waals surface area contributed by atoms with Gasteiger partial charge in [0.1, 0.15) is 5.75 Å². The van der Waals surface area contributed by atoms with Crippen molar-refractivity contribution >= 4 is 5.97 Å². The van der Waals surface area contributed by atoms with E-state index in [1.165, 1.54) is 0 Å². The molecule has 21 heavy (non-hydrogen) atoms. The zero-order chi connectivity index (χ0) is 15.7. The Morgan fingerprint density at radius 2 is 1.38 bits per heavy atom. The van der Waals surface area contributed by atoms with Crippen LogP contribution in [-0.4, -0.2) is 16.2 Å². The molecule has 4 nitrogen and oxygen atoms in total. The predicted molar refractivity (Wildman–Crippen MR) is 86.5 cm³/mol. The average molecular weight is 295 g/mol. The quantitative estimate of drug-likeness (QED) is 0.780. The Labute approximate surface area is 127 Å². The molecule has 1 rings (SSSR count). The Morgan fingerprint density at radius 3 is 1.67 bits per heavy atom. The second-order valence-corrected chi connectivity index (χ2v) is 7.43. The highest BCUT2D eigenvalue weighted by atomic mass is 16.4. The molecule has 120 valence electrons. The van der Waals surface area contributed by atoms with Gasteiger partial charge in [-0.15, -0.1) is 0 Å². The minimum absolute atomic E-state index is 0. The van der Waals surface area contributed by atoms with Crippen LogP contribution in [0.4, 0.5) is 0 Å². The highest BCUT2D eigenvalue weighted by molar-refractivity contribution is 5.67. The first-order valence-corrected chi connectivity index (χ1v) is 7.01. The van der Waals surface area contributed by atoms with E-state index >= 15 is 0 Å². The first-order chi connectivity index (χ1) is 8.93. The van der Waals surface area contributed by atoms with Gasteiger partial charge in [-0.05, 0) is 33.9 Å². The van der Waals surface area contributed by atoms with Crippen molar-refractivity contribution in [3.05, 3.63) is 28.8 Å². The smallest absolute Gasteiger partial charge is 0.303 e. The van der Waals surface area contributed by atoms with Crippen molar-refractivity contribution in [2.24, 2.45) is 0 Å². The number of phenols is 1. The summed E-state index contributed by atoms with van der Waals surface area (Å²) in [5.41, 5.74) is 2.38. The number of carboxylic acid groups (broad SMARTS) is 1. The largest absolute Gasteiger partial charge is 0.507 e. The Balaban J connectivity index is 0.00000400. The van der Waals surface area contributed by atoms with Crippen molar-refractivity contribution < 1.29 is 15.0 Å². The fraction of sp³-hybridized carbons (Fsp3) is 0.588. The van der Waals surface area contributed by atoms with Gasteiger partial charge in [0.2, 0.25) is 0 Å². The number of aryl methyl sites for hydroxylation is 1. The summed E-state index contributed by atoms with van der Waals surface area (Å²) in [6, 6.07) is 3.88. The molecule has 0 unspecified atom stereocenters. The highest BCUT2D eigenvalue weighted by Gasteiger charge is 2.26. The van der Waals surface area contributed by atoms with Crippen LogP contribution in [0.3, 0.4) is 0 Å². The minimum Gasteiger partial charge on any atom is -0.507 e. The number of hydrogen-bond donors (Lipinski definition) is 3. The zero-order valence-electron chi connectivity index (χ0n) is 14.1. The summed E-state index contributed by atoms with van der Waals surface area (Å²) in [5, 5.41) is 19.4. The Bertz CT molecular complexity index is 473. The SMILES string of the molecule is CC(C)(C)c1cc(CCC(=O)O)cc(C(C)(C)C)c1O.N. The van der Waals surface area contributed by atoms with Crippen LogP contribution < -0.4 is 6.15 Å². The molecule has 0 amide bonds. The second-order valence-electron chi connectivity index (χ2n) is 7.43. The van der Waals surface area contributed by atoms with E-state index in [9.17, 15) is 9.90 Å². The molecular weight excluding hydrogens is 266 g/mol. The lowest BCUT2D eigenvalue weighted by atomic mass is 9.78. The van der Waals surface area contributed by atoms with Crippen LogP contribution in [0, 0.1) is 0 Å². The second kappa shape index (κ2) is 6.48. The summed E-state index contributed by atoms with van der Waals surface area (Å²) >= 11 is 0. The van der Waals surface area contributed by atoms with Gasteiger partial charge >= 0.3 is 5.97 Å². The first-order valence-electron chi connectivity index (χ1n) is 7.01. The summed E-state index contributed by atoms with van der Waals surface area (Å²) in [7, 11) is 0. The lowest BCUT2D eigenvalue weighted by Gasteiger charge is -2.28. The molecule has 0 fully saturated rings. The van der Waals surface area contributed by atoms with Gasteiger partial charge in [0.15, 0.2) is 0 Å². The van der Waals surface area contributed by atoms with Gasteiger partial charge in [0.05, 0.1) is 0 Å². The Hall–Kier alpha value is -1.55. The van der Waals surface area contributed by atoms with E-state index in [-0.39, 0.29) is 23.4 Å². The fourth-order valence-corrected chi connectivity index (χ4v) is 2.23. The van der Waals surface area contributed by atoms with Crippen LogP contribution in [0.2, 0.25) is 0 Å². The van der Waals surface area contributed by atoms with Gasteiger partial charge in [-0.1, -0.05) is 53.7 Å². The van der Waals surface area contributed by atoms with E-state index in [0.717, 1.165) is 16.7 Å². The van der Waals surface area contributed by atoms with Gasteiger partial charge in [-0.25, -0.2) is 0 Å². The van der Waals surface area contributed by atoms with E-state index in [1.54, 1.807) is 0 Å². The van der Waals surface area contributed by atoms with Crippen LogP contribution in [0.15, 0.2) is 12.1 Å². The third-order valence-corrected chi connectivity index (χ3v) is 3.41. The third kappa shape index (κ3) is 5.05. The number of carboxylic acids is 1. The van der Waals surface area contributed by atoms with E-state index in [1.807, 2.05) is 12.1 Å². The van der Waals surface area contributed by atoms with Crippen molar-refractivity contribution in [1.29, 1.82) is 0 Å². The summed E-state index contributed by atoms with van der Waals surface area (Å²) in [5.74, 6) is -0.461. The van der Waals surface area contributed by atoms with Crippen molar-refractivity contribution in [1.82, 2.24) is 6.15 Å². The molecule has 0 atom stereocenters. The third-order valence-electron chi connectivity index (χ3n) is 3.41. The molecule has 0 saturated carbocycles. The number of aliphatic carboxylic acids is 1. The van der Waals surface area contributed by atoms with Gasteiger partial charge in [0, 0.05) is 6.42 Å². The van der Waals surface area contributed by atoms with Crippen LogP contribution in [-0.2, 0) is 22.0 Å². The summed E-state index contributed by atoms with van der Waals surface area (Å²) in [4.78, 5) is 10.8. The molecule has 0 spiro atoms. The lowest BCUT2D eigenvalue weighted by Crippen LogP contribution is -2.18. The maximum Gasteiger partial charge on any atom is 0.303 e. The van der Waals surface area contributed by atoms with Gasteiger partial charge in [-0.2, -0.15) is 0 Å². The molecular formula is C17H29NO3. The number of aromatic hydroxyl groups is 1. The monoisotopic (exact) mass is 295 g/mol. The van der Waals surface area contributed by atoms with Crippen LogP contribution >= 0.6 is 0 Å². The fourth-order valence-electron chi connectivity index (χ4n) is 2.23. The number of rotatable bonds is 3. The maximum absolute atomic E-state index is 10.8. The number of benzene rings is 1. The van der Waals surface area contributed by atoms with Crippen molar-refractivity contribution in [3.63, 3.8) is 0 Å². The van der Waals surface area contributed by atoms with Crippen molar-refractivity contribution in [2.75, 3.05) is 0 Å². The molecule has 1 aromatic carbocycles. The minimum atomic E-state index is -0.798. The first kappa shape index (κ1) is 19.4. The van der Waals surface area contributed by atoms with Crippen LogP contribution in [0.1, 0.15) is 64.7 Å². The van der Waals surface area contributed by atoms with E-state index < -0.39 is 5.97 Å². The van der Waals surface area contributed by atoms with Crippen LogP contribution in [0.5, 0.6) is 5.75 Å². The molecule has 0 saturated heterocycles. The molecule has 0 bridgehead atoms. The molecule has 5 N–H and O–H groups in total. The maximum atomic E-state index is 10.8. The van der Waals surface area contributed by atoms with Gasteiger partial charge in [0.25, 0.3) is 0 Å². The lowest BCUT2D eigenvalue weighted by molar-refractivity contribution is -0.136. The molecule has 4 heteroatoms. The molecule has 0 aliphatic carbocycles. The molecule has 0 aromatic heterocycles. The average Bonchev–Trinajstić information content (AvgIpc) is 2.24. The standard InChI is InChI=1S/C17H26O3.H3N/c1-16(2,3)12-9-11(7-8-14(18)19)10-13(15(12)20)17(4,5)6;/h9-10,20H,7-8H2,1-6H3,(H,18,19);1H3. The van der Waals surface area contributed by atoms with Crippen molar-refractivity contribution in [2.45, 2.75) is 65.2 Å². The van der Waals surface area contributed by atoms with Gasteiger partial charge < -0.3 is 16.4 Å². The summed E-state index contributed by atoms with van der Waals surface area (Å²) < 4.78 is 0. The topological polar surface area (TPSA) is 92.5 Å². The van der Waals surface area contributed by atoms with E-state index in [2.05, 4.69) is 41.5 Å². The normalized spacial score (nSPS) is 11.9. The number of phenolic OH excluding ortho intramolecular Hbond substituents is 1. The van der Waals surface area contributed by atoms with E-state index in [0.29, 0.717) is 12.2 Å². The van der Waals surface area contributed by atoms with E-state index in [4.69, 9.17) is 5.11 Å². The van der Waals surface area contributed by atoms with Crippen LogP contribution in [0.25, 0.3) is 0 Å². The Morgan fingerprint density at radius 1 is 1.00 bits per heavy atom. The molecule has 0 radical (unpaired) electrons. The van der Waals surface area contributed by atoms with Crippen molar-refractivity contribution in [3.8, 4) is 5.75 Å². The molecule has 0 heterocycles. The Kier molecular flexibility index (Phi) is 6.00. The molecule has 0 aliphatic heterocycles. The van der Waals surface area contributed by atoms with Gasteiger partial charge in [-0.3, -0.25) is 4.79 Å².